The van der Waals surface area contributed by atoms with E-state index < -0.39 is 0 Å². The standard InChI is InChI=1S/C23H26ClN5O3S2/c1-13-19(33-14(2)25-13)12-28-18-5-4-16(34-26-23(3)6-7-23)8-17(18)21(31)29(22(28)32)15-10-27(11-15)20(30)9-24/h4-5,8,15,26H,6-7,9-12H2,1-3H3. The highest BCUT2D eigenvalue weighted by atomic mass is 35.5. The molecule has 0 bridgehead atoms. The molecule has 1 aromatic carbocycles. The minimum atomic E-state index is -0.369. The highest BCUT2D eigenvalue weighted by Crippen LogP contribution is 2.37. The molecule has 1 aliphatic carbocycles. The Kier molecular flexibility index (Phi) is 6.12. The van der Waals surface area contributed by atoms with Crippen molar-refractivity contribution in [2.45, 2.75) is 56.6 Å². The molecule has 2 aliphatic rings. The predicted molar refractivity (Wildman–Crippen MR) is 136 cm³/mol. The van der Waals surface area contributed by atoms with E-state index in [2.05, 4.69) is 16.6 Å². The maximum Gasteiger partial charge on any atom is 0.332 e. The summed E-state index contributed by atoms with van der Waals surface area (Å²) < 4.78 is 6.44. The Labute approximate surface area is 210 Å². The maximum absolute atomic E-state index is 13.6. The van der Waals surface area contributed by atoms with Crippen molar-refractivity contribution >= 4 is 51.7 Å². The second-order valence-electron chi connectivity index (χ2n) is 9.32. The van der Waals surface area contributed by atoms with Gasteiger partial charge in [-0.15, -0.1) is 22.9 Å². The molecule has 180 valence electrons. The molecule has 11 heteroatoms. The number of likely N-dealkylation sites (tertiary alicyclic amines) is 1. The number of hydrogen-bond donors (Lipinski definition) is 1. The van der Waals surface area contributed by atoms with Gasteiger partial charge in [-0.3, -0.25) is 23.4 Å². The zero-order valence-electron chi connectivity index (χ0n) is 19.3. The number of benzene rings is 1. The number of rotatable bonds is 7. The van der Waals surface area contributed by atoms with Gasteiger partial charge in [-0.2, -0.15) is 0 Å². The molecule has 1 saturated heterocycles. The van der Waals surface area contributed by atoms with Gasteiger partial charge in [-0.05, 0) is 63.8 Å². The molecule has 1 N–H and O–H groups in total. The molecular formula is C23H26ClN5O3S2. The second-order valence-corrected chi connectivity index (χ2v) is 11.7. The van der Waals surface area contributed by atoms with Crippen molar-refractivity contribution in [2.24, 2.45) is 0 Å². The molecule has 1 amide bonds. The van der Waals surface area contributed by atoms with Crippen molar-refractivity contribution in [1.82, 2.24) is 23.7 Å². The van der Waals surface area contributed by atoms with Gasteiger partial charge in [0.05, 0.1) is 34.2 Å². The van der Waals surface area contributed by atoms with Crippen LogP contribution in [0.15, 0.2) is 32.7 Å². The number of hydrogen-bond acceptors (Lipinski definition) is 7. The van der Waals surface area contributed by atoms with Crippen molar-refractivity contribution in [3.8, 4) is 0 Å². The van der Waals surface area contributed by atoms with E-state index in [1.54, 1.807) is 20.8 Å². The normalized spacial score (nSPS) is 17.2. The first-order valence-corrected chi connectivity index (χ1v) is 13.4. The third-order valence-electron chi connectivity index (χ3n) is 6.56. The lowest BCUT2D eigenvalue weighted by Crippen LogP contribution is -2.57. The van der Waals surface area contributed by atoms with Crippen LogP contribution in [0.5, 0.6) is 0 Å². The SMILES string of the molecule is Cc1nc(C)c(Cn2c(=O)n(C3CN(C(=O)CCl)C3)c(=O)c3cc(SNC4(C)CC4)ccc32)s1. The summed E-state index contributed by atoms with van der Waals surface area (Å²) in [7, 11) is 0. The minimum Gasteiger partial charge on any atom is -0.337 e. The van der Waals surface area contributed by atoms with Crippen LogP contribution in [0.2, 0.25) is 0 Å². The summed E-state index contributed by atoms with van der Waals surface area (Å²) in [4.78, 5) is 47.1. The molecule has 0 atom stereocenters. The molecular weight excluding hydrogens is 494 g/mol. The Hall–Kier alpha value is -2.14. The van der Waals surface area contributed by atoms with Crippen molar-refractivity contribution in [3.63, 3.8) is 0 Å². The van der Waals surface area contributed by atoms with Gasteiger partial charge in [-0.25, -0.2) is 9.78 Å². The summed E-state index contributed by atoms with van der Waals surface area (Å²) in [5.74, 6) is -0.304. The first-order valence-electron chi connectivity index (χ1n) is 11.2. The number of nitrogens with one attached hydrogen (secondary N) is 1. The Morgan fingerprint density at radius 3 is 2.65 bits per heavy atom. The lowest BCUT2D eigenvalue weighted by Gasteiger charge is -2.39. The molecule has 8 nitrogen and oxygen atoms in total. The number of amides is 1. The van der Waals surface area contributed by atoms with Gasteiger partial charge in [-0.1, -0.05) is 0 Å². The van der Waals surface area contributed by atoms with E-state index in [-0.39, 0.29) is 34.6 Å². The molecule has 2 aromatic heterocycles. The van der Waals surface area contributed by atoms with Crippen LogP contribution in [0, 0.1) is 13.8 Å². The molecule has 1 aliphatic heterocycles. The third-order valence-corrected chi connectivity index (χ3v) is 8.93. The van der Waals surface area contributed by atoms with E-state index in [1.807, 2.05) is 32.0 Å². The first kappa shape index (κ1) is 23.6. The van der Waals surface area contributed by atoms with Gasteiger partial charge < -0.3 is 4.90 Å². The maximum atomic E-state index is 13.6. The van der Waals surface area contributed by atoms with Crippen LogP contribution < -0.4 is 16.0 Å². The van der Waals surface area contributed by atoms with Gasteiger partial charge in [0.15, 0.2) is 0 Å². The van der Waals surface area contributed by atoms with Gasteiger partial charge in [0, 0.05) is 28.4 Å². The van der Waals surface area contributed by atoms with E-state index in [0.717, 1.165) is 33.3 Å². The van der Waals surface area contributed by atoms with Crippen LogP contribution in [0.1, 0.15) is 41.4 Å². The Morgan fingerprint density at radius 2 is 2.03 bits per heavy atom. The number of aryl methyl sites for hydroxylation is 2. The number of carbonyl (C=O) groups excluding carboxylic acids is 1. The number of carbonyl (C=O) groups is 1. The quantitative estimate of drug-likeness (QED) is 0.381. The molecule has 5 rings (SSSR count). The fourth-order valence-corrected chi connectivity index (χ4v) is 6.13. The minimum absolute atomic E-state index is 0.111. The number of nitrogens with zero attached hydrogens (tertiary/aromatic N) is 4. The molecule has 0 spiro atoms. The zero-order chi connectivity index (χ0) is 24.2. The first-order chi connectivity index (χ1) is 16.2. The van der Waals surface area contributed by atoms with E-state index in [9.17, 15) is 14.4 Å². The number of aromatic nitrogens is 3. The molecule has 1 saturated carbocycles. The highest BCUT2D eigenvalue weighted by Gasteiger charge is 2.37. The largest absolute Gasteiger partial charge is 0.337 e. The van der Waals surface area contributed by atoms with Crippen LogP contribution in [-0.4, -0.2) is 49.4 Å². The summed E-state index contributed by atoms with van der Waals surface area (Å²) in [6.45, 7) is 7.00. The molecule has 2 fully saturated rings. The summed E-state index contributed by atoms with van der Waals surface area (Å²) in [5.41, 5.74) is 0.944. The van der Waals surface area contributed by atoms with Gasteiger partial charge in [0.2, 0.25) is 5.91 Å². The van der Waals surface area contributed by atoms with Gasteiger partial charge in [0.1, 0.15) is 5.88 Å². The average molecular weight is 520 g/mol. The lowest BCUT2D eigenvalue weighted by molar-refractivity contribution is -0.134. The molecule has 3 heterocycles. The highest BCUT2D eigenvalue weighted by molar-refractivity contribution is 7.97. The van der Waals surface area contributed by atoms with Crippen molar-refractivity contribution in [2.75, 3.05) is 19.0 Å². The van der Waals surface area contributed by atoms with Crippen LogP contribution >= 0.6 is 34.9 Å². The Bertz CT molecular complexity index is 1400. The number of alkyl halides is 1. The molecule has 3 aromatic rings. The van der Waals surface area contributed by atoms with Crippen molar-refractivity contribution in [1.29, 1.82) is 0 Å². The number of fused-ring (bicyclic) bond motifs is 1. The topological polar surface area (TPSA) is 89.2 Å². The average Bonchev–Trinajstić information content (AvgIpc) is 3.43. The Morgan fingerprint density at radius 1 is 1.29 bits per heavy atom. The van der Waals surface area contributed by atoms with E-state index in [0.29, 0.717) is 30.5 Å². The fourth-order valence-electron chi connectivity index (χ4n) is 4.15. The van der Waals surface area contributed by atoms with E-state index >= 15 is 0 Å². The zero-order valence-corrected chi connectivity index (χ0v) is 21.6. The van der Waals surface area contributed by atoms with Crippen LogP contribution in [-0.2, 0) is 11.3 Å². The van der Waals surface area contributed by atoms with Gasteiger partial charge >= 0.3 is 5.69 Å². The number of thiazole rings is 1. The van der Waals surface area contributed by atoms with E-state index in [1.165, 1.54) is 16.5 Å². The monoisotopic (exact) mass is 519 g/mol. The Balaban J connectivity index is 1.59. The predicted octanol–water partition coefficient (Wildman–Crippen LogP) is 3.06. The summed E-state index contributed by atoms with van der Waals surface area (Å²) in [5, 5.41) is 1.43. The second kappa shape index (κ2) is 8.82. The molecule has 0 radical (unpaired) electrons. The van der Waals surface area contributed by atoms with E-state index in [4.69, 9.17) is 11.6 Å². The third kappa shape index (κ3) is 4.32. The summed E-state index contributed by atoms with van der Waals surface area (Å²) in [6, 6.07) is 5.29. The summed E-state index contributed by atoms with van der Waals surface area (Å²) in [6.07, 6.45) is 2.26. The van der Waals surface area contributed by atoms with Crippen LogP contribution in [0.25, 0.3) is 10.9 Å². The molecule has 0 unspecified atom stereocenters. The van der Waals surface area contributed by atoms with Crippen LogP contribution in [0.4, 0.5) is 0 Å². The van der Waals surface area contributed by atoms with Gasteiger partial charge in [0.25, 0.3) is 5.56 Å². The number of halogens is 1. The lowest BCUT2D eigenvalue weighted by atomic mass is 10.1. The fraction of sp³-hybridized carbons (Fsp3) is 0.478. The smallest absolute Gasteiger partial charge is 0.332 e. The summed E-state index contributed by atoms with van der Waals surface area (Å²) >= 11 is 8.74. The molecule has 34 heavy (non-hydrogen) atoms. The van der Waals surface area contributed by atoms with Crippen molar-refractivity contribution in [3.05, 3.63) is 54.6 Å². The van der Waals surface area contributed by atoms with Crippen LogP contribution in [0.3, 0.4) is 0 Å². The van der Waals surface area contributed by atoms with Crippen molar-refractivity contribution < 1.29 is 4.79 Å².